The van der Waals surface area contributed by atoms with E-state index in [1.807, 2.05) is 25.1 Å². The first-order valence-corrected chi connectivity index (χ1v) is 10.7. The third-order valence-electron chi connectivity index (χ3n) is 4.81. The van der Waals surface area contributed by atoms with Crippen molar-refractivity contribution in [3.05, 3.63) is 94.0 Å². The first-order valence-electron chi connectivity index (χ1n) is 9.23. The Morgan fingerprint density at radius 2 is 1.63 bits per heavy atom. The molecule has 0 radical (unpaired) electrons. The molecule has 0 bridgehead atoms. The van der Waals surface area contributed by atoms with Gasteiger partial charge in [-0.05, 0) is 61.4 Å². The molecule has 7 nitrogen and oxygen atoms in total. The number of hydrogen-bond acceptors (Lipinski definition) is 5. The van der Waals surface area contributed by atoms with Crippen LogP contribution in [0.4, 0.5) is 11.4 Å². The first kappa shape index (κ1) is 21.3. The van der Waals surface area contributed by atoms with Gasteiger partial charge in [0.1, 0.15) is 5.75 Å². The molecule has 30 heavy (non-hydrogen) atoms. The van der Waals surface area contributed by atoms with E-state index in [-0.39, 0.29) is 10.6 Å². The second-order valence-electron chi connectivity index (χ2n) is 6.84. The zero-order valence-electron chi connectivity index (χ0n) is 16.8. The molecular formula is C22H22N2O5S. The van der Waals surface area contributed by atoms with Gasteiger partial charge in [-0.25, -0.2) is 8.42 Å². The highest BCUT2D eigenvalue weighted by Gasteiger charge is 2.31. The van der Waals surface area contributed by atoms with E-state index in [9.17, 15) is 18.5 Å². The van der Waals surface area contributed by atoms with Gasteiger partial charge in [-0.3, -0.25) is 14.4 Å². The van der Waals surface area contributed by atoms with E-state index in [4.69, 9.17) is 4.74 Å². The summed E-state index contributed by atoms with van der Waals surface area (Å²) in [4.78, 5) is 10.4. The summed E-state index contributed by atoms with van der Waals surface area (Å²) in [5, 5.41) is 10.9. The van der Waals surface area contributed by atoms with Gasteiger partial charge in [0, 0.05) is 12.1 Å². The molecule has 0 heterocycles. The van der Waals surface area contributed by atoms with E-state index < -0.39 is 21.0 Å². The Morgan fingerprint density at radius 3 is 2.17 bits per heavy atom. The maximum atomic E-state index is 13.6. The highest BCUT2D eigenvalue weighted by Crippen LogP contribution is 2.34. The fourth-order valence-electron chi connectivity index (χ4n) is 3.21. The lowest BCUT2D eigenvalue weighted by atomic mass is 10.1. The van der Waals surface area contributed by atoms with Crippen molar-refractivity contribution in [2.75, 3.05) is 11.4 Å². The zero-order valence-corrected chi connectivity index (χ0v) is 17.7. The smallest absolute Gasteiger partial charge is 0.269 e. The van der Waals surface area contributed by atoms with Crippen LogP contribution in [0.2, 0.25) is 0 Å². The maximum Gasteiger partial charge on any atom is 0.269 e. The number of nitro benzene ring substituents is 1. The summed E-state index contributed by atoms with van der Waals surface area (Å²) >= 11 is 0. The molecule has 3 aromatic rings. The molecule has 3 rings (SSSR count). The molecule has 3 aromatic carbocycles. The van der Waals surface area contributed by atoms with E-state index in [1.54, 1.807) is 44.4 Å². The molecule has 0 aliphatic heterocycles. The van der Waals surface area contributed by atoms with Gasteiger partial charge in [0.15, 0.2) is 0 Å². The number of anilines is 1. The molecule has 0 amide bonds. The van der Waals surface area contributed by atoms with Crippen LogP contribution in [0.3, 0.4) is 0 Å². The van der Waals surface area contributed by atoms with Crippen LogP contribution in [-0.4, -0.2) is 20.5 Å². The van der Waals surface area contributed by atoms with E-state index in [1.165, 1.54) is 28.6 Å². The van der Waals surface area contributed by atoms with Gasteiger partial charge < -0.3 is 4.74 Å². The van der Waals surface area contributed by atoms with Gasteiger partial charge >= 0.3 is 0 Å². The summed E-state index contributed by atoms with van der Waals surface area (Å²) in [5.41, 5.74) is 2.04. The van der Waals surface area contributed by atoms with E-state index in [2.05, 4.69) is 0 Å². The Labute approximate surface area is 175 Å². The van der Waals surface area contributed by atoms with Gasteiger partial charge in [-0.2, -0.15) is 0 Å². The summed E-state index contributed by atoms with van der Waals surface area (Å²) in [6, 6.07) is 18.8. The Hall–Kier alpha value is -3.39. The molecule has 0 saturated heterocycles. The van der Waals surface area contributed by atoms with Crippen LogP contribution in [0.15, 0.2) is 77.7 Å². The van der Waals surface area contributed by atoms with Crippen molar-refractivity contribution in [3.63, 3.8) is 0 Å². The van der Waals surface area contributed by atoms with E-state index in [0.29, 0.717) is 11.4 Å². The number of non-ortho nitro benzene ring substituents is 1. The average Bonchev–Trinajstić information content (AvgIpc) is 2.74. The Morgan fingerprint density at radius 1 is 1.00 bits per heavy atom. The standard InChI is InChI=1S/C22H22N2O5S/c1-16-5-4-6-20(15-16)23(17(2)18-7-11-21(29-3)12-8-18)30(27,28)22-13-9-19(10-14-22)24(25)26/h4-15,17H,1-3H3/t17-/m0/s1. The van der Waals surface area contributed by atoms with Crippen LogP contribution in [0.25, 0.3) is 0 Å². The van der Waals surface area contributed by atoms with Gasteiger partial charge in [-0.15, -0.1) is 0 Å². The number of aryl methyl sites for hydroxylation is 1. The van der Waals surface area contributed by atoms with Gasteiger partial charge in [0.25, 0.3) is 15.7 Å². The van der Waals surface area contributed by atoms with E-state index >= 15 is 0 Å². The second-order valence-corrected chi connectivity index (χ2v) is 8.65. The van der Waals surface area contributed by atoms with Crippen LogP contribution >= 0.6 is 0 Å². The van der Waals surface area contributed by atoms with Crippen molar-refractivity contribution < 1.29 is 18.1 Å². The minimum atomic E-state index is -4.00. The lowest BCUT2D eigenvalue weighted by molar-refractivity contribution is -0.384. The summed E-state index contributed by atoms with van der Waals surface area (Å²) < 4.78 is 33.7. The monoisotopic (exact) mass is 426 g/mol. The largest absolute Gasteiger partial charge is 0.497 e. The summed E-state index contributed by atoms with van der Waals surface area (Å²) in [6.45, 7) is 3.69. The zero-order chi connectivity index (χ0) is 21.9. The van der Waals surface area contributed by atoms with Crippen LogP contribution in [0.1, 0.15) is 24.1 Å². The summed E-state index contributed by atoms with van der Waals surface area (Å²) in [6.07, 6.45) is 0. The van der Waals surface area contributed by atoms with Crippen molar-refractivity contribution in [1.82, 2.24) is 0 Å². The second kappa shape index (κ2) is 8.54. The molecule has 0 N–H and O–H groups in total. The van der Waals surface area contributed by atoms with Crippen molar-refractivity contribution >= 4 is 21.4 Å². The number of methoxy groups -OCH3 is 1. The minimum Gasteiger partial charge on any atom is -0.497 e. The van der Waals surface area contributed by atoms with Crippen molar-refractivity contribution in [1.29, 1.82) is 0 Å². The quantitative estimate of drug-likeness (QED) is 0.397. The highest BCUT2D eigenvalue weighted by molar-refractivity contribution is 7.92. The van der Waals surface area contributed by atoms with Crippen LogP contribution < -0.4 is 9.04 Å². The highest BCUT2D eigenvalue weighted by atomic mass is 32.2. The predicted molar refractivity (Wildman–Crippen MR) is 115 cm³/mol. The fourth-order valence-corrected chi connectivity index (χ4v) is 4.84. The number of nitrogens with zero attached hydrogens (tertiary/aromatic N) is 2. The molecule has 0 fully saturated rings. The van der Waals surface area contributed by atoms with Gasteiger partial charge in [-0.1, -0.05) is 24.3 Å². The average molecular weight is 426 g/mol. The minimum absolute atomic E-state index is 0.0185. The van der Waals surface area contributed by atoms with Gasteiger partial charge in [0.2, 0.25) is 0 Å². The summed E-state index contributed by atoms with van der Waals surface area (Å²) in [5.74, 6) is 0.672. The lowest BCUT2D eigenvalue weighted by Gasteiger charge is -2.31. The Kier molecular flexibility index (Phi) is 6.07. The predicted octanol–water partition coefficient (Wildman–Crippen LogP) is 4.87. The number of nitro groups is 1. The van der Waals surface area contributed by atoms with Crippen LogP contribution in [0, 0.1) is 17.0 Å². The Balaban J connectivity index is 2.11. The molecular weight excluding hydrogens is 404 g/mol. The van der Waals surface area contributed by atoms with Crippen LogP contribution in [-0.2, 0) is 10.0 Å². The van der Waals surface area contributed by atoms with Crippen LogP contribution in [0.5, 0.6) is 5.75 Å². The first-order chi connectivity index (χ1) is 14.2. The number of hydrogen-bond donors (Lipinski definition) is 0. The fraction of sp³-hybridized carbons (Fsp3) is 0.182. The normalized spacial score (nSPS) is 12.2. The topological polar surface area (TPSA) is 89.8 Å². The number of ether oxygens (including phenoxy) is 1. The molecule has 0 saturated carbocycles. The molecule has 1 atom stereocenters. The molecule has 0 aliphatic carbocycles. The molecule has 0 aromatic heterocycles. The molecule has 156 valence electrons. The number of sulfonamides is 1. The van der Waals surface area contributed by atoms with Gasteiger partial charge in [0.05, 0.1) is 28.7 Å². The van der Waals surface area contributed by atoms with Crippen molar-refractivity contribution in [2.45, 2.75) is 24.8 Å². The van der Waals surface area contributed by atoms with Crippen molar-refractivity contribution in [3.8, 4) is 5.75 Å². The number of benzene rings is 3. The lowest BCUT2D eigenvalue weighted by Crippen LogP contribution is -2.33. The number of rotatable bonds is 7. The Bertz CT molecular complexity index is 1140. The summed E-state index contributed by atoms with van der Waals surface area (Å²) in [7, 11) is -2.43. The molecule has 0 aliphatic rings. The molecule has 0 unspecified atom stereocenters. The maximum absolute atomic E-state index is 13.6. The molecule has 8 heteroatoms. The third kappa shape index (κ3) is 4.28. The molecule has 0 spiro atoms. The SMILES string of the molecule is COc1ccc([C@H](C)N(c2cccc(C)c2)S(=O)(=O)c2ccc([N+](=O)[O-])cc2)cc1. The van der Waals surface area contributed by atoms with E-state index in [0.717, 1.165) is 11.1 Å². The third-order valence-corrected chi connectivity index (χ3v) is 6.72. The van der Waals surface area contributed by atoms with Crippen molar-refractivity contribution in [2.24, 2.45) is 0 Å².